The van der Waals surface area contributed by atoms with Gasteiger partial charge in [-0.25, -0.2) is 31.3 Å². The van der Waals surface area contributed by atoms with E-state index in [9.17, 15) is 26.8 Å². The van der Waals surface area contributed by atoms with Crippen LogP contribution in [0.5, 0.6) is 0 Å². The van der Waals surface area contributed by atoms with Gasteiger partial charge in [0.1, 0.15) is 11.6 Å². The molecule has 2 aromatic rings. The first kappa shape index (κ1) is 32.2. The molecule has 0 amide bonds. The molecule has 2 aliphatic heterocycles. The van der Waals surface area contributed by atoms with Crippen molar-refractivity contribution in [2.24, 2.45) is 16.8 Å². The molecular weight excluding hydrogens is 614 g/mol. The molecule has 3 aliphatic rings. The van der Waals surface area contributed by atoms with Gasteiger partial charge in [0.25, 0.3) is 0 Å². The van der Waals surface area contributed by atoms with E-state index in [0.29, 0.717) is 34.9 Å². The number of hydrogen-bond acceptors (Lipinski definition) is 10. The number of nitrogens with one attached hydrogen (secondary N) is 1. The molecular formula is C30H36F2N4O6S2. The molecule has 1 atom stereocenters. The Balaban J connectivity index is 1.39. The van der Waals surface area contributed by atoms with Gasteiger partial charge >= 0.3 is 11.9 Å². The molecule has 5 rings (SSSR count). The maximum absolute atomic E-state index is 14.7. The molecule has 1 N–H and O–H groups in total. The zero-order chi connectivity index (χ0) is 32.0. The molecule has 0 radical (unpaired) electrons. The third-order valence-corrected chi connectivity index (χ3v) is 11.4. The number of halogens is 2. The van der Waals surface area contributed by atoms with Gasteiger partial charge in [-0.05, 0) is 70.6 Å². The smallest absolute Gasteiger partial charge is 0.338 e. The number of carbonyl (C=O) groups excluding carboxylic acids is 2. The molecule has 1 saturated carbocycles. The first-order valence-corrected chi connectivity index (χ1v) is 16.8. The summed E-state index contributed by atoms with van der Waals surface area (Å²) in [5, 5.41) is 4.92. The average molecular weight is 651 g/mol. The third-order valence-electron chi connectivity index (χ3n) is 8.27. The summed E-state index contributed by atoms with van der Waals surface area (Å²) in [6, 6.07) is 1.41. The van der Waals surface area contributed by atoms with Crippen LogP contribution in [0.3, 0.4) is 0 Å². The first-order valence-electron chi connectivity index (χ1n) is 14.4. The van der Waals surface area contributed by atoms with Gasteiger partial charge in [-0.1, -0.05) is 6.07 Å². The van der Waals surface area contributed by atoms with Crippen molar-refractivity contribution in [1.29, 1.82) is 0 Å². The summed E-state index contributed by atoms with van der Waals surface area (Å²) in [7, 11) is -2.41. The van der Waals surface area contributed by atoms with Gasteiger partial charge in [-0.3, -0.25) is 9.79 Å². The number of sulfonamides is 1. The molecule has 1 saturated heterocycles. The lowest BCUT2D eigenvalue weighted by Gasteiger charge is -2.40. The lowest BCUT2D eigenvalue weighted by atomic mass is 9.85. The van der Waals surface area contributed by atoms with Crippen molar-refractivity contribution >= 4 is 39.1 Å². The van der Waals surface area contributed by atoms with E-state index < -0.39 is 50.4 Å². The fourth-order valence-corrected chi connectivity index (χ4v) is 8.54. The number of amidine groups is 1. The Kier molecular flexibility index (Phi) is 8.98. The monoisotopic (exact) mass is 650 g/mol. The van der Waals surface area contributed by atoms with E-state index >= 15 is 0 Å². The number of esters is 2. The Hall–Kier alpha value is -3.23. The van der Waals surface area contributed by atoms with Gasteiger partial charge in [-0.15, -0.1) is 11.3 Å². The highest BCUT2D eigenvalue weighted by molar-refractivity contribution is 7.89. The van der Waals surface area contributed by atoms with Crippen molar-refractivity contribution in [2.75, 3.05) is 20.2 Å². The zero-order valence-electron chi connectivity index (χ0n) is 25.2. The minimum absolute atomic E-state index is 0.0194. The molecule has 0 spiro atoms. The molecule has 44 heavy (non-hydrogen) atoms. The predicted molar refractivity (Wildman–Crippen MR) is 160 cm³/mol. The van der Waals surface area contributed by atoms with Crippen molar-refractivity contribution < 1.29 is 36.3 Å². The number of allylic oxidation sites excluding steroid dienone is 1. The largest absolute Gasteiger partial charge is 0.466 e. The van der Waals surface area contributed by atoms with Gasteiger partial charge in [0, 0.05) is 36.3 Å². The van der Waals surface area contributed by atoms with Crippen LogP contribution >= 0.6 is 11.3 Å². The number of aliphatic imine (C=N–C) groups is 1. The number of benzene rings is 1. The average Bonchev–Trinajstić information content (AvgIpc) is 3.48. The Morgan fingerprint density at radius 2 is 1.82 bits per heavy atom. The van der Waals surface area contributed by atoms with Gasteiger partial charge in [0.15, 0.2) is 22.5 Å². The van der Waals surface area contributed by atoms with Crippen LogP contribution in [-0.4, -0.2) is 66.5 Å². The number of hydrogen-bond donors (Lipinski definition) is 1. The van der Waals surface area contributed by atoms with E-state index in [1.165, 1.54) is 35.7 Å². The lowest BCUT2D eigenvalue weighted by molar-refractivity contribution is -0.162. The maximum Gasteiger partial charge on any atom is 0.338 e. The summed E-state index contributed by atoms with van der Waals surface area (Å²) < 4.78 is 67.6. The molecule has 1 unspecified atom stereocenters. The van der Waals surface area contributed by atoms with E-state index in [2.05, 4.69) is 10.3 Å². The summed E-state index contributed by atoms with van der Waals surface area (Å²) in [5.74, 6) is -3.45. The summed E-state index contributed by atoms with van der Waals surface area (Å²) in [4.78, 5) is 34.7. The molecule has 2 fully saturated rings. The standard InChI is InChI=1S/C30H36F2N4O6S2/c1-16-20(6-7-21(31)23(16)32)25-22(29(38)41-5)24(34-26(35-25)27-33-10-13-43-27)17-8-11-36(12-9-17)44(39,40)19-14-18(15-19)28(37)42-30(2,3)4/h6-7,10,13,17-19,25H,8-9,11-12,14-15H2,1-5H3,(H,34,35). The third kappa shape index (κ3) is 6.29. The minimum Gasteiger partial charge on any atom is -0.466 e. The fourth-order valence-electron chi connectivity index (χ4n) is 5.86. The van der Waals surface area contributed by atoms with Gasteiger partial charge in [0.2, 0.25) is 10.0 Å². The maximum atomic E-state index is 14.7. The van der Waals surface area contributed by atoms with Crippen LogP contribution in [0.25, 0.3) is 0 Å². The van der Waals surface area contributed by atoms with Crippen molar-refractivity contribution in [3.8, 4) is 0 Å². The van der Waals surface area contributed by atoms with Gasteiger partial charge < -0.3 is 14.8 Å². The highest BCUT2D eigenvalue weighted by Crippen LogP contribution is 2.41. The highest BCUT2D eigenvalue weighted by atomic mass is 32.2. The number of nitrogens with zero attached hydrogens (tertiary/aromatic N) is 3. The molecule has 1 aromatic carbocycles. The molecule has 3 heterocycles. The van der Waals surface area contributed by atoms with Crippen LogP contribution in [0.1, 0.15) is 68.6 Å². The van der Waals surface area contributed by atoms with Crippen LogP contribution in [0.4, 0.5) is 8.78 Å². The van der Waals surface area contributed by atoms with Gasteiger partial charge in [0.05, 0.1) is 23.9 Å². The minimum atomic E-state index is -3.65. The number of thiazole rings is 1. The number of rotatable bonds is 7. The second kappa shape index (κ2) is 12.3. The Morgan fingerprint density at radius 3 is 2.41 bits per heavy atom. The zero-order valence-corrected chi connectivity index (χ0v) is 26.9. The SMILES string of the molecule is COC(=O)C1=C(C2CCN(S(=O)(=O)C3CC(C(=O)OC(C)(C)C)C3)CC2)NC(c2nccs2)=NC1c1ccc(F)c(F)c1C. The number of carbonyl (C=O) groups is 2. The van der Waals surface area contributed by atoms with E-state index in [1.54, 1.807) is 32.3 Å². The molecule has 0 bridgehead atoms. The van der Waals surface area contributed by atoms with Crippen molar-refractivity contribution in [3.05, 3.63) is 62.7 Å². The second-order valence-electron chi connectivity index (χ2n) is 12.3. The molecule has 14 heteroatoms. The van der Waals surface area contributed by atoms with Crippen LogP contribution in [0, 0.1) is 30.4 Å². The highest BCUT2D eigenvalue weighted by Gasteiger charge is 2.47. The van der Waals surface area contributed by atoms with Crippen LogP contribution in [0.15, 0.2) is 40.0 Å². The summed E-state index contributed by atoms with van der Waals surface area (Å²) in [6.45, 7) is 7.17. The first-order chi connectivity index (χ1) is 20.7. The molecule has 10 nitrogen and oxygen atoms in total. The molecule has 1 aromatic heterocycles. The number of ether oxygens (including phenoxy) is 2. The Morgan fingerprint density at radius 1 is 1.14 bits per heavy atom. The van der Waals surface area contributed by atoms with Crippen molar-refractivity contribution in [1.82, 2.24) is 14.6 Å². The predicted octanol–water partition coefficient (Wildman–Crippen LogP) is 4.41. The van der Waals surface area contributed by atoms with Crippen LogP contribution in [-0.2, 0) is 29.1 Å². The molecule has 1 aliphatic carbocycles. The summed E-state index contributed by atoms with van der Waals surface area (Å²) in [5.41, 5.74) is 0.340. The van der Waals surface area contributed by atoms with E-state index in [-0.39, 0.29) is 49.0 Å². The van der Waals surface area contributed by atoms with E-state index in [0.717, 1.165) is 6.07 Å². The van der Waals surface area contributed by atoms with E-state index in [1.807, 2.05) is 0 Å². The van der Waals surface area contributed by atoms with Crippen LogP contribution in [0.2, 0.25) is 0 Å². The fraction of sp³-hybridized carbons (Fsp3) is 0.533. The van der Waals surface area contributed by atoms with E-state index in [4.69, 9.17) is 14.5 Å². The normalized spacial score (nSPS) is 23.4. The topological polar surface area (TPSA) is 127 Å². The van der Waals surface area contributed by atoms with Crippen molar-refractivity contribution in [3.63, 3.8) is 0 Å². The number of piperidine rings is 1. The lowest BCUT2D eigenvalue weighted by Crippen LogP contribution is -2.50. The summed E-state index contributed by atoms with van der Waals surface area (Å²) in [6.07, 6.45) is 2.83. The van der Waals surface area contributed by atoms with Gasteiger partial charge in [-0.2, -0.15) is 0 Å². The summed E-state index contributed by atoms with van der Waals surface area (Å²) >= 11 is 1.32. The number of methoxy groups -OCH3 is 1. The Labute approximate surface area is 259 Å². The Bertz CT molecular complexity index is 1600. The number of aromatic nitrogens is 1. The second-order valence-corrected chi connectivity index (χ2v) is 15.4. The van der Waals surface area contributed by atoms with Crippen LogP contribution < -0.4 is 5.32 Å². The van der Waals surface area contributed by atoms with Crippen molar-refractivity contribution in [2.45, 2.75) is 70.3 Å². The quantitative estimate of drug-likeness (QED) is 0.437. The molecule has 238 valence electrons.